The lowest BCUT2D eigenvalue weighted by atomic mass is 10.3. The van der Waals surface area contributed by atoms with Crippen molar-refractivity contribution in [3.05, 3.63) is 39.7 Å². The molecular formula is C14H17N3O3S. The van der Waals surface area contributed by atoms with E-state index < -0.39 is 0 Å². The third-order valence-electron chi connectivity index (χ3n) is 2.83. The first-order valence-corrected chi connectivity index (χ1v) is 7.48. The van der Waals surface area contributed by atoms with Gasteiger partial charge >= 0.3 is 0 Å². The molecule has 2 N–H and O–H groups in total. The van der Waals surface area contributed by atoms with Crippen LogP contribution in [0.2, 0.25) is 0 Å². The highest BCUT2D eigenvalue weighted by Crippen LogP contribution is 2.18. The molecule has 0 aliphatic heterocycles. The van der Waals surface area contributed by atoms with E-state index in [-0.39, 0.29) is 11.8 Å². The van der Waals surface area contributed by atoms with Crippen molar-refractivity contribution in [2.24, 2.45) is 0 Å². The second kappa shape index (κ2) is 7.03. The maximum absolute atomic E-state index is 12.0. The Hall–Kier alpha value is -2.15. The van der Waals surface area contributed by atoms with Crippen LogP contribution in [-0.4, -0.2) is 29.9 Å². The lowest BCUT2D eigenvalue weighted by Crippen LogP contribution is -2.34. The number of nitrogens with zero attached hydrogens (tertiary/aromatic N) is 1. The minimum atomic E-state index is -0.222. The summed E-state index contributed by atoms with van der Waals surface area (Å²) in [6.45, 7) is 4.55. The molecule has 2 aromatic rings. The highest BCUT2D eigenvalue weighted by atomic mass is 32.1. The van der Waals surface area contributed by atoms with E-state index in [0.717, 1.165) is 17.1 Å². The predicted molar refractivity (Wildman–Crippen MR) is 79.6 cm³/mol. The van der Waals surface area contributed by atoms with E-state index in [1.807, 2.05) is 13.8 Å². The SMILES string of the molecule is CCc1nc(C)c(C(=O)NCCNC(=O)c2ccoc2)s1. The number of rotatable bonds is 6. The quantitative estimate of drug-likeness (QED) is 0.797. The topological polar surface area (TPSA) is 84.2 Å². The highest BCUT2D eigenvalue weighted by Gasteiger charge is 2.14. The second-order valence-corrected chi connectivity index (χ2v) is 5.48. The smallest absolute Gasteiger partial charge is 0.263 e. The van der Waals surface area contributed by atoms with Gasteiger partial charge in [0.2, 0.25) is 0 Å². The van der Waals surface area contributed by atoms with Crippen LogP contribution in [0.5, 0.6) is 0 Å². The second-order valence-electron chi connectivity index (χ2n) is 4.40. The third kappa shape index (κ3) is 3.91. The van der Waals surface area contributed by atoms with Gasteiger partial charge in [-0.3, -0.25) is 9.59 Å². The molecule has 0 aliphatic carbocycles. The number of hydrogen-bond donors (Lipinski definition) is 2. The van der Waals surface area contributed by atoms with Gasteiger partial charge in [0.15, 0.2) is 0 Å². The number of aryl methyl sites for hydroxylation is 2. The molecule has 2 aromatic heterocycles. The Bertz CT molecular complexity index is 619. The Labute approximate surface area is 126 Å². The molecule has 7 heteroatoms. The molecule has 0 aliphatic rings. The molecule has 0 radical (unpaired) electrons. The van der Waals surface area contributed by atoms with Crippen LogP contribution in [0.3, 0.4) is 0 Å². The number of carbonyl (C=O) groups is 2. The van der Waals surface area contributed by atoms with Gasteiger partial charge in [-0.25, -0.2) is 4.98 Å². The van der Waals surface area contributed by atoms with E-state index in [4.69, 9.17) is 4.42 Å². The molecule has 0 spiro atoms. The molecule has 6 nitrogen and oxygen atoms in total. The number of aromatic nitrogens is 1. The summed E-state index contributed by atoms with van der Waals surface area (Å²) in [5, 5.41) is 6.42. The van der Waals surface area contributed by atoms with Crippen LogP contribution in [0.4, 0.5) is 0 Å². The van der Waals surface area contributed by atoms with Crippen molar-refractivity contribution >= 4 is 23.2 Å². The standard InChI is InChI=1S/C14H17N3O3S/c1-3-11-17-9(2)12(21-11)14(19)16-6-5-15-13(18)10-4-7-20-8-10/h4,7-8H,3,5-6H2,1-2H3,(H,15,18)(H,16,19). The molecule has 2 amide bonds. The first-order chi connectivity index (χ1) is 10.1. The fourth-order valence-electron chi connectivity index (χ4n) is 1.74. The molecule has 0 aromatic carbocycles. The van der Waals surface area contributed by atoms with Gasteiger partial charge in [0, 0.05) is 13.1 Å². The summed E-state index contributed by atoms with van der Waals surface area (Å²) in [6, 6.07) is 1.58. The predicted octanol–water partition coefficient (Wildman–Crippen LogP) is 1.77. The van der Waals surface area contributed by atoms with Crippen LogP contribution >= 0.6 is 11.3 Å². The molecule has 2 heterocycles. The molecule has 0 bridgehead atoms. The van der Waals surface area contributed by atoms with Crippen LogP contribution in [0.25, 0.3) is 0 Å². The molecule has 0 saturated carbocycles. The summed E-state index contributed by atoms with van der Waals surface area (Å²) >= 11 is 1.41. The Morgan fingerprint density at radius 1 is 1.29 bits per heavy atom. The van der Waals surface area contributed by atoms with Crippen molar-refractivity contribution < 1.29 is 14.0 Å². The van der Waals surface area contributed by atoms with Gasteiger partial charge in [-0.15, -0.1) is 11.3 Å². The van der Waals surface area contributed by atoms with Crippen LogP contribution in [0.15, 0.2) is 23.0 Å². The maximum Gasteiger partial charge on any atom is 0.263 e. The summed E-state index contributed by atoms with van der Waals surface area (Å²) in [4.78, 5) is 28.6. The van der Waals surface area contributed by atoms with E-state index in [1.165, 1.54) is 23.9 Å². The first-order valence-electron chi connectivity index (χ1n) is 6.66. The molecule has 112 valence electrons. The average molecular weight is 307 g/mol. The van der Waals surface area contributed by atoms with Gasteiger partial charge in [0.05, 0.1) is 22.5 Å². The zero-order valence-corrected chi connectivity index (χ0v) is 12.8. The van der Waals surface area contributed by atoms with Crippen molar-refractivity contribution in [1.82, 2.24) is 15.6 Å². The fourth-order valence-corrected chi connectivity index (χ4v) is 2.66. The normalized spacial score (nSPS) is 10.4. The minimum absolute atomic E-state index is 0.151. The molecule has 21 heavy (non-hydrogen) atoms. The van der Waals surface area contributed by atoms with Crippen molar-refractivity contribution in [3.63, 3.8) is 0 Å². The lowest BCUT2D eigenvalue weighted by molar-refractivity contribution is 0.0929. The molecule has 2 rings (SSSR count). The van der Waals surface area contributed by atoms with E-state index in [9.17, 15) is 9.59 Å². The van der Waals surface area contributed by atoms with E-state index >= 15 is 0 Å². The lowest BCUT2D eigenvalue weighted by Gasteiger charge is -2.05. The number of carbonyl (C=O) groups excluding carboxylic acids is 2. The van der Waals surface area contributed by atoms with E-state index in [2.05, 4.69) is 15.6 Å². The van der Waals surface area contributed by atoms with E-state index in [1.54, 1.807) is 6.07 Å². The summed E-state index contributed by atoms with van der Waals surface area (Å²) in [7, 11) is 0. The molecule has 0 unspecified atom stereocenters. The van der Waals surface area contributed by atoms with Gasteiger partial charge in [-0.05, 0) is 19.4 Å². The maximum atomic E-state index is 12.0. The number of amides is 2. The number of nitrogens with one attached hydrogen (secondary N) is 2. The summed E-state index contributed by atoms with van der Waals surface area (Å²) in [5.74, 6) is -0.373. The zero-order chi connectivity index (χ0) is 15.2. The Morgan fingerprint density at radius 3 is 2.57 bits per heavy atom. The summed E-state index contributed by atoms with van der Waals surface area (Å²) in [5.41, 5.74) is 1.21. The van der Waals surface area contributed by atoms with Crippen molar-refractivity contribution in [2.75, 3.05) is 13.1 Å². The van der Waals surface area contributed by atoms with Crippen LogP contribution < -0.4 is 10.6 Å². The van der Waals surface area contributed by atoms with Crippen LogP contribution in [0, 0.1) is 6.92 Å². The molecule has 0 saturated heterocycles. The molecule has 0 atom stereocenters. The zero-order valence-electron chi connectivity index (χ0n) is 11.9. The number of thiazole rings is 1. The molecule has 0 fully saturated rings. The van der Waals surface area contributed by atoms with Crippen molar-refractivity contribution in [3.8, 4) is 0 Å². The molecular weight excluding hydrogens is 290 g/mol. The number of furan rings is 1. The minimum Gasteiger partial charge on any atom is -0.472 e. The average Bonchev–Trinajstić information content (AvgIpc) is 3.12. The van der Waals surface area contributed by atoms with Crippen LogP contribution in [0.1, 0.15) is 37.7 Å². The van der Waals surface area contributed by atoms with Gasteiger partial charge in [-0.1, -0.05) is 6.92 Å². The number of hydrogen-bond acceptors (Lipinski definition) is 5. The van der Waals surface area contributed by atoms with Crippen LogP contribution in [-0.2, 0) is 6.42 Å². The van der Waals surface area contributed by atoms with Gasteiger partial charge in [-0.2, -0.15) is 0 Å². The Morgan fingerprint density at radius 2 is 2.00 bits per heavy atom. The van der Waals surface area contributed by atoms with Crippen molar-refractivity contribution in [1.29, 1.82) is 0 Å². The van der Waals surface area contributed by atoms with Crippen molar-refractivity contribution in [2.45, 2.75) is 20.3 Å². The summed E-state index contributed by atoms with van der Waals surface area (Å²) in [6.07, 6.45) is 3.63. The Balaban J connectivity index is 1.76. The van der Waals surface area contributed by atoms with E-state index in [0.29, 0.717) is 23.5 Å². The fraction of sp³-hybridized carbons (Fsp3) is 0.357. The third-order valence-corrected chi connectivity index (χ3v) is 4.13. The highest BCUT2D eigenvalue weighted by molar-refractivity contribution is 7.13. The van der Waals surface area contributed by atoms with Gasteiger partial charge < -0.3 is 15.1 Å². The monoisotopic (exact) mass is 307 g/mol. The van der Waals surface area contributed by atoms with Gasteiger partial charge in [0.25, 0.3) is 11.8 Å². The Kier molecular flexibility index (Phi) is 5.10. The largest absolute Gasteiger partial charge is 0.472 e. The summed E-state index contributed by atoms with van der Waals surface area (Å²) < 4.78 is 4.83. The first kappa shape index (κ1) is 15.2. The van der Waals surface area contributed by atoms with Gasteiger partial charge in [0.1, 0.15) is 11.1 Å².